The van der Waals surface area contributed by atoms with Crippen molar-refractivity contribution in [2.75, 3.05) is 0 Å². The number of nitrogens with zero attached hydrogens (tertiary/aromatic N) is 3. The molecule has 1 aliphatic rings. The zero-order chi connectivity index (χ0) is 17.5. The highest BCUT2D eigenvalue weighted by Gasteiger charge is 2.36. The fraction of sp³-hybridized carbons (Fsp3) is 0.529. The third-order valence-corrected chi connectivity index (χ3v) is 4.62. The number of hydrogen-bond donors (Lipinski definition) is 1. The van der Waals surface area contributed by atoms with Crippen LogP contribution < -0.4 is 5.73 Å². The van der Waals surface area contributed by atoms with Gasteiger partial charge in [0.15, 0.2) is 5.82 Å². The number of aromatic nitrogens is 2. The Morgan fingerprint density at radius 3 is 2.48 bits per heavy atom. The van der Waals surface area contributed by atoms with Gasteiger partial charge in [-0.2, -0.15) is 4.98 Å². The Labute approximate surface area is 152 Å². The van der Waals surface area contributed by atoms with Crippen molar-refractivity contribution >= 4 is 18.1 Å². The van der Waals surface area contributed by atoms with Crippen LogP contribution in [-0.2, 0) is 11.0 Å². The quantitative estimate of drug-likeness (QED) is 0.647. The van der Waals surface area contributed by atoms with E-state index >= 15 is 0 Å². The highest BCUT2D eigenvalue weighted by molar-refractivity contribution is 5.85. The molecule has 0 radical (unpaired) electrons. The summed E-state index contributed by atoms with van der Waals surface area (Å²) in [6, 6.07) is 5.03. The van der Waals surface area contributed by atoms with Crippen molar-refractivity contribution in [1.82, 2.24) is 10.1 Å². The zero-order valence-electron chi connectivity index (χ0n) is 14.6. The molecule has 0 spiro atoms. The van der Waals surface area contributed by atoms with E-state index in [1.54, 1.807) is 12.1 Å². The Hall–Kier alpha value is -1.99. The van der Waals surface area contributed by atoms with Crippen LogP contribution in [-0.4, -0.2) is 15.1 Å². The van der Waals surface area contributed by atoms with Crippen molar-refractivity contribution < 1.29 is 9.45 Å². The van der Waals surface area contributed by atoms with Crippen LogP contribution in [0.1, 0.15) is 57.8 Å². The van der Waals surface area contributed by atoms with Gasteiger partial charge in [-0.05, 0) is 24.3 Å². The third kappa shape index (κ3) is 3.67. The minimum absolute atomic E-state index is 0. The van der Waals surface area contributed by atoms with Gasteiger partial charge in [0.1, 0.15) is 0 Å². The predicted molar refractivity (Wildman–Crippen MR) is 96.7 cm³/mol. The smallest absolute Gasteiger partial charge is 0.273 e. The van der Waals surface area contributed by atoms with E-state index in [0.29, 0.717) is 17.0 Å². The fourth-order valence-corrected chi connectivity index (χ4v) is 3.22. The SMILES string of the molecule is CC(C)(C)c1ccc(-c2nc(C3(N)CCCC3)no2)cc1[N+](=O)[O-].Cl. The van der Waals surface area contributed by atoms with E-state index in [2.05, 4.69) is 10.1 Å². The molecule has 0 saturated heterocycles. The number of hydrogen-bond acceptors (Lipinski definition) is 6. The van der Waals surface area contributed by atoms with Crippen LogP contribution in [0.15, 0.2) is 22.7 Å². The summed E-state index contributed by atoms with van der Waals surface area (Å²) in [7, 11) is 0. The summed E-state index contributed by atoms with van der Waals surface area (Å²) in [5, 5.41) is 15.4. The first-order valence-electron chi connectivity index (χ1n) is 8.13. The summed E-state index contributed by atoms with van der Waals surface area (Å²) in [6.07, 6.45) is 3.75. The number of nitrogens with two attached hydrogens (primary N) is 1. The van der Waals surface area contributed by atoms with Gasteiger partial charge >= 0.3 is 0 Å². The average Bonchev–Trinajstić information content (AvgIpc) is 3.15. The highest BCUT2D eigenvalue weighted by atomic mass is 35.5. The molecule has 8 heteroatoms. The Kier molecular flexibility index (Phi) is 5.20. The second-order valence-corrected chi connectivity index (χ2v) is 7.53. The van der Waals surface area contributed by atoms with Crippen molar-refractivity contribution in [3.63, 3.8) is 0 Å². The van der Waals surface area contributed by atoms with E-state index in [1.807, 2.05) is 20.8 Å². The molecule has 0 atom stereocenters. The monoisotopic (exact) mass is 366 g/mol. The molecule has 1 heterocycles. The molecular formula is C17H23ClN4O3. The molecule has 2 aromatic rings. The number of rotatable bonds is 3. The molecule has 1 aromatic carbocycles. The predicted octanol–water partition coefficient (Wildman–Crippen LogP) is 4.09. The van der Waals surface area contributed by atoms with Crippen LogP contribution >= 0.6 is 12.4 Å². The molecule has 0 bridgehead atoms. The van der Waals surface area contributed by atoms with E-state index in [1.165, 1.54) is 6.07 Å². The average molecular weight is 367 g/mol. The van der Waals surface area contributed by atoms with E-state index in [0.717, 1.165) is 25.7 Å². The van der Waals surface area contributed by atoms with Crippen molar-refractivity contribution in [3.05, 3.63) is 39.7 Å². The van der Waals surface area contributed by atoms with Crippen molar-refractivity contribution in [2.24, 2.45) is 5.73 Å². The maximum absolute atomic E-state index is 11.4. The standard InChI is InChI=1S/C17H22N4O3.ClH/c1-16(2,3)12-7-6-11(10-13(12)21(22)23)14-19-15(20-24-14)17(18)8-4-5-9-17;/h6-7,10H,4-5,8-9,18H2,1-3H3;1H. The molecule has 0 unspecified atom stereocenters. The van der Waals surface area contributed by atoms with Crippen LogP contribution in [0.4, 0.5) is 5.69 Å². The van der Waals surface area contributed by atoms with E-state index < -0.39 is 5.54 Å². The van der Waals surface area contributed by atoms with Crippen LogP contribution in [0.3, 0.4) is 0 Å². The Morgan fingerprint density at radius 2 is 1.92 bits per heavy atom. The number of benzene rings is 1. The summed E-state index contributed by atoms with van der Waals surface area (Å²) < 4.78 is 5.32. The van der Waals surface area contributed by atoms with Gasteiger partial charge in [0.05, 0.1) is 10.5 Å². The second kappa shape index (κ2) is 6.72. The van der Waals surface area contributed by atoms with Gasteiger partial charge in [-0.3, -0.25) is 10.1 Å². The first-order valence-corrected chi connectivity index (χ1v) is 8.13. The third-order valence-electron chi connectivity index (χ3n) is 4.62. The van der Waals surface area contributed by atoms with Crippen molar-refractivity contribution in [3.8, 4) is 11.5 Å². The lowest BCUT2D eigenvalue weighted by atomic mass is 9.85. The lowest BCUT2D eigenvalue weighted by Crippen LogP contribution is -2.34. The second-order valence-electron chi connectivity index (χ2n) is 7.53. The maximum Gasteiger partial charge on any atom is 0.273 e. The van der Waals surface area contributed by atoms with Crippen LogP contribution in [0.5, 0.6) is 0 Å². The number of halogens is 1. The molecule has 1 aliphatic carbocycles. The Morgan fingerprint density at radius 1 is 1.28 bits per heavy atom. The molecule has 1 saturated carbocycles. The van der Waals surface area contributed by atoms with Gasteiger partial charge in [-0.15, -0.1) is 12.4 Å². The minimum Gasteiger partial charge on any atom is -0.334 e. The molecule has 0 amide bonds. The van der Waals surface area contributed by atoms with Crippen molar-refractivity contribution in [2.45, 2.75) is 57.4 Å². The minimum atomic E-state index is -0.543. The Bertz CT molecular complexity index is 776. The fourth-order valence-electron chi connectivity index (χ4n) is 3.22. The van der Waals surface area contributed by atoms with Crippen LogP contribution in [0.25, 0.3) is 11.5 Å². The van der Waals surface area contributed by atoms with Gasteiger partial charge in [-0.25, -0.2) is 0 Å². The van der Waals surface area contributed by atoms with Gasteiger partial charge < -0.3 is 10.3 Å². The summed E-state index contributed by atoms with van der Waals surface area (Å²) in [4.78, 5) is 15.5. The molecule has 1 aromatic heterocycles. The van der Waals surface area contributed by atoms with Crippen LogP contribution in [0, 0.1) is 10.1 Å². The zero-order valence-corrected chi connectivity index (χ0v) is 15.4. The van der Waals surface area contributed by atoms with E-state index in [4.69, 9.17) is 10.3 Å². The first-order chi connectivity index (χ1) is 11.2. The molecule has 2 N–H and O–H groups in total. The molecule has 3 rings (SSSR count). The number of nitro benzene ring substituents is 1. The lowest BCUT2D eigenvalue weighted by molar-refractivity contribution is -0.385. The molecule has 0 aliphatic heterocycles. The molecule has 25 heavy (non-hydrogen) atoms. The first kappa shape index (κ1) is 19.3. The molecule has 136 valence electrons. The maximum atomic E-state index is 11.4. The summed E-state index contributed by atoms with van der Waals surface area (Å²) in [5.41, 5.74) is 6.73. The van der Waals surface area contributed by atoms with Gasteiger partial charge in [-0.1, -0.05) is 44.8 Å². The molecule has 1 fully saturated rings. The normalized spacial score (nSPS) is 16.5. The van der Waals surface area contributed by atoms with Crippen LogP contribution in [0.2, 0.25) is 0 Å². The Balaban J connectivity index is 0.00000225. The van der Waals surface area contributed by atoms with Gasteiger partial charge in [0, 0.05) is 17.2 Å². The summed E-state index contributed by atoms with van der Waals surface area (Å²) in [5.74, 6) is 0.753. The largest absolute Gasteiger partial charge is 0.334 e. The summed E-state index contributed by atoms with van der Waals surface area (Å²) in [6.45, 7) is 5.83. The van der Waals surface area contributed by atoms with Gasteiger partial charge in [0.25, 0.3) is 11.6 Å². The van der Waals surface area contributed by atoms with E-state index in [9.17, 15) is 10.1 Å². The molecular weight excluding hydrogens is 344 g/mol. The van der Waals surface area contributed by atoms with Gasteiger partial charge in [0.2, 0.25) is 0 Å². The summed E-state index contributed by atoms with van der Waals surface area (Å²) >= 11 is 0. The number of nitro groups is 1. The van der Waals surface area contributed by atoms with E-state index in [-0.39, 0.29) is 34.3 Å². The highest BCUT2D eigenvalue weighted by Crippen LogP contribution is 2.37. The van der Waals surface area contributed by atoms with Crippen molar-refractivity contribution in [1.29, 1.82) is 0 Å². The molecule has 7 nitrogen and oxygen atoms in total. The lowest BCUT2D eigenvalue weighted by Gasteiger charge is -2.19. The topological polar surface area (TPSA) is 108 Å².